The number of carbonyl (C=O) groups excluding carboxylic acids is 1. The van der Waals surface area contributed by atoms with Crippen LogP contribution in [0.4, 0.5) is 24.0 Å². The monoisotopic (exact) mass is 611 g/mol. The summed E-state index contributed by atoms with van der Waals surface area (Å²) < 4.78 is 43.1. The molecule has 0 saturated heterocycles. The Morgan fingerprint density at radius 3 is 2.73 bits per heavy atom. The second-order valence-corrected chi connectivity index (χ2v) is 13.4. The van der Waals surface area contributed by atoms with Crippen LogP contribution in [0.1, 0.15) is 77.1 Å². The number of alkyl halides is 3. The Morgan fingerprint density at radius 1 is 1.35 bits per heavy atom. The quantitative estimate of drug-likeness (QED) is 0.318. The summed E-state index contributed by atoms with van der Waals surface area (Å²) in [5.74, 6) is -0.0906. The Kier molecular flexibility index (Phi) is 6.69. The molecule has 2 aliphatic rings. The number of nitrogens with zero attached hydrogens (tertiary/aromatic N) is 3. The second-order valence-electron chi connectivity index (χ2n) is 10.5. The fourth-order valence-electron chi connectivity index (χ4n) is 5.10. The highest BCUT2D eigenvalue weighted by Crippen LogP contribution is 2.48. The maximum absolute atomic E-state index is 14.0. The standard InChI is InChI=1S/C25H25BrF3N5OS2/c1-24(2,3)12-6-7-13-14(11-30)23(37-17(13)9-12)32-22(35)20-19(26)21-31-15(16-5-4-8-36-16)10-18(25(27,28)29)34(21)33-20/h4-5,8,12,15,18,31H,6-7,9-10H2,1-3H3,(H,32,35)/t12-,15+,18-/m0/s1. The predicted molar refractivity (Wildman–Crippen MR) is 142 cm³/mol. The van der Waals surface area contributed by atoms with Gasteiger partial charge < -0.3 is 10.6 Å². The molecule has 1 aliphatic heterocycles. The van der Waals surface area contributed by atoms with Crippen LogP contribution in [-0.4, -0.2) is 21.9 Å². The number of anilines is 2. The zero-order valence-electron chi connectivity index (χ0n) is 20.4. The minimum Gasteiger partial charge on any atom is -0.362 e. The van der Waals surface area contributed by atoms with Gasteiger partial charge in [-0.25, -0.2) is 4.68 Å². The van der Waals surface area contributed by atoms with Crippen molar-refractivity contribution in [1.29, 1.82) is 5.26 Å². The second kappa shape index (κ2) is 9.43. The highest BCUT2D eigenvalue weighted by molar-refractivity contribution is 9.10. The zero-order valence-corrected chi connectivity index (χ0v) is 23.6. The van der Waals surface area contributed by atoms with Crippen molar-refractivity contribution in [2.45, 2.75) is 64.7 Å². The van der Waals surface area contributed by atoms with E-state index in [0.29, 0.717) is 16.5 Å². The van der Waals surface area contributed by atoms with E-state index >= 15 is 0 Å². The normalized spacial score (nSPS) is 21.5. The van der Waals surface area contributed by atoms with Gasteiger partial charge in [-0.1, -0.05) is 26.8 Å². The van der Waals surface area contributed by atoms with Crippen molar-refractivity contribution >= 4 is 55.3 Å². The van der Waals surface area contributed by atoms with Crippen molar-refractivity contribution in [3.05, 3.63) is 48.6 Å². The number of fused-ring (bicyclic) bond motifs is 2. The SMILES string of the molecule is CC(C)(C)[C@H]1CCc2c(sc(NC(=O)c3nn4c(c3Br)N[C@@H](c3cccs3)C[C@H]4C(F)(F)F)c2C#N)C1. The summed E-state index contributed by atoms with van der Waals surface area (Å²) in [6.45, 7) is 6.61. The van der Waals surface area contributed by atoms with Gasteiger partial charge in [0.1, 0.15) is 16.9 Å². The first-order chi connectivity index (χ1) is 17.4. The van der Waals surface area contributed by atoms with Crippen molar-refractivity contribution in [3.63, 3.8) is 0 Å². The molecule has 3 atom stereocenters. The zero-order chi connectivity index (χ0) is 26.7. The van der Waals surface area contributed by atoms with Crippen molar-refractivity contribution in [2.75, 3.05) is 10.6 Å². The van der Waals surface area contributed by atoms with Gasteiger partial charge in [0.2, 0.25) is 0 Å². The number of thiophene rings is 2. The highest BCUT2D eigenvalue weighted by atomic mass is 79.9. The van der Waals surface area contributed by atoms with Crippen LogP contribution < -0.4 is 10.6 Å². The molecule has 0 unspecified atom stereocenters. The van der Waals surface area contributed by atoms with Crippen LogP contribution in [0.3, 0.4) is 0 Å². The summed E-state index contributed by atoms with van der Waals surface area (Å²) in [7, 11) is 0. The van der Waals surface area contributed by atoms with Gasteiger partial charge in [0.05, 0.1) is 16.1 Å². The largest absolute Gasteiger partial charge is 0.410 e. The molecular weight excluding hydrogens is 587 g/mol. The van der Waals surface area contributed by atoms with E-state index in [1.807, 2.05) is 5.38 Å². The molecule has 4 heterocycles. The maximum atomic E-state index is 14.0. The predicted octanol–water partition coefficient (Wildman–Crippen LogP) is 7.70. The Balaban J connectivity index is 1.46. The molecule has 12 heteroatoms. The van der Waals surface area contributed by atoms with E-state index in [2.05, 4.69) is 58.5 Å². The molecule has 1 aliphatic carbocycles. The van der Waals surface area contributed by atoms with E-state index in [1.165, 1.54) is 22.7 Å². The van der Waals surface area contributed by atoms with Crippen LogP contribution in [0.15, 0.2) is 22.0 Å². The number of aromatic nitrogens is 2. The molecule has 0 saturated carbocycles. The number of amides is 1. The van der Waals surface area contributed by atoms with E-state index in [0.717, 1.165) is 39.3 Å². The molecule has 0 aromatic carbocycles. The number of carbonyl (C=O) groups is 1. The van der Waals surface area contributed by atoms with Crippen molar-refractivity contribution in [1.82, 2.24) is 9.78 Å². The number of nitriles is 1. The topological polar surface area (TPSA) is 82.7 Å². The van der Waals surface area contributed by atoms with Gasteiger partial charge in [0.15, 0.2) is 11.7 Å². The summed E-state index contributed by atoms with van der Waals surface area (Å²) in [6.07, 6.45) is -2.23. The van der Waals surface area contributed by atoms with Gasteiger partial charge in [-0.05, 0) is 63.5 Å². The highest BCUT2D eigenvalue weighted by Gasteiger charge is 2.48. The molecule has 37 heavy (non-hydrogen) atoms. The lowest BCUT2D eigenvalue weighted by atomic mass is 9.72. The molecular formula is C25H25BrF3N5OS2. The summed E-state index contributed by atoms with van der Waals surface area (Å²) in [6, 6.07) is 3.36. The Morgan fingerprint density at radius 2 is 2.11 bits per heavy atom. The average molecular weight is 613 g/mol. The Hall–Kier alpha value is -2.36. The lowest BCUT2D eigenvalue weighted by molar-refractivity contribution is -0.173. The third-order valence-electron chi connectivity index (χ3n) is 7.23. The summed E-state index contributed by atoms with van der Waals surface area (Å²) in [5, 5.41) is 22.1. The molecule has 3 aromatic rings. The van der Waals surface area contributed by atoms with E-state index in [4.69, 9.17) is 0 Å². The van der Waals surface area contributed by atoms with Gasteiger partial charge >= 0.3 is 6.18 Å². The Bertz CT molecular complexity index is 1380. The van der Waals surface area contributed by atoms with Crippen LogP contribution in [0.25, 0.3) is 0 Å². The van der Waals surface area contributed by atoms with Gasteiger partial charge in [-0.2, -0.15) is 23.5 Å². The van der Waals surface area contributed by atoms with E-state index < -0.39 is 24.2 Å². The van der Waals surface area contributed by atoms with Gasteiger partial charge in [0.25, 0.3) is 5.91 Å². The van der Waals surface area contributed by atoms with Crippen LogP contribution >= 0.6 is 38.6 Å². The summed E-state index contributed by atoms with van der Waals surface area (Å²) in [4.78, 5) is 15.2. The smallest absolute Gasteiger partial charge is 0.362 e. The van der Waals surface area contributed by atoms with E-state index in [9.17, 15) is 23.2 Å². The molecule has 2 N–H and O–H groups in total. The molecule has 0 bridgehead atoms. The Labute approximate surface area is 229 Å². The third-order valence-corrected chi connectivity index (χ3v) is 10.1. The molecule has 1 amide bonds. The first-order valence-corrected chi connectivity index (χ1v) is 14.4. The third kappa shape index (κ3) is 4.81. The van der Waals surface area contributed by atoms with E-state index in [-0.39, 0.29) is 27.8 Å². The van der Waals surface area contributed by atoms with Crippen molar-refractivity contribution in [2.24, 2.45) is 11.3 Å². The van der Waals surface area contributed by atoms with Gasteiger partial charge in [0, 0.05) is 16.2 Å². The molecule has 0 spiro atoms. The van der Waals surface area contributed by atoms with Crippen LogP contribution in [-0.2, 0) is 12.8 Å². The lowest BCUT2D eigenvalue weighted by Crippen LogP contribution is -2.35. The number of nitrogens with one attached hydrogen (secondary N) is 2. The minimum atomic E-state index is -4.55. The molecule has 6 nitrogen and oxygen atoms in total. The molecule has 3 aromatic heterocycles. The van der Waals surface area contributed by atoms with Gasteiger partial charge in [-0.3, -0.25) is 4.79 Å². The van der Waals surface area contributed by atoms with E-state index in [1.54, 1.807) is 12.1 Å². The lowest BCUT2D eigenvalue weighted by Gasteiger charge is -2.33. The van der Waals surface area contributed by atoms with Crippen LogP contribution in [0.2, 0.25) is 0 Å². The average Bonchev–Trinajstić information content (AvgIpc) is 3.54. The van der Waals surface area contributed by atoms with Crippen molar-refractivity contribution in [3.8, 4) is 6.07 Å². The van der Waals surface area contributed by atoms with Crippen LogP contribution in [0, 0.1) is 22.7 Å². The number of hydrogen-bond acceptors (Lipinski definition) is 6. The van der Waals surface area contributed by atoms with Gasteiger partial charge in [-0.15, -0.1) is 22.7 Å². The molecule has 5 rings (SSSR count). The number of rotatable bonds is 3. The fraction of sp³-hybridized carbons (Fsp3) is 0.480. The molecule has 196 valence electrons. The first-order valence-electron chi connectivity index (χ1n) is 11.9. The number of halogens is 4. The number of hydrogen-bond donors (Lipinski definition) is 2. The molecule has 0 fully saturated rings. The van der Waals surface area contributed by atoms with Crippen LogP contribution in [0.5, 0.6) is 0 Å². The molecule has 0 radical (unpaired) electrons. The summed E-state index contributed by atoms with van der Waals surface area (Å²) >= 11 is 6.07. The minimum absolute atomic E-state index is 0.108. The van der Waals surface area contributed by atoms with Crippen molar-refractivity contribution < 1.29 is 18.0 Å². The first kappa shape index (κ1) is 26.3. The fourth-order valence-corrected chi connectivity index (χ4v) is 7.72. The summed E-state index contributed by atoms with van der Waals surface area (Å²) in [5.41, 5.74) is 1.36. The maximum Gasteiger partial charge on any atom is 0.410 e.